The SMILES string of the molecule is C=CC(=O)N[C@H]1COCC1Nc1ncc2cc(-c3c(Cl)c(OC)cc(OC)c3Cl)nc(CC3CC3)c2n1. The molecule has 9 nitrogen and oxygen atoms in total. The van der Waals surface area contributed by atoms with Crippen LogP contribution in [0.15, 0.2) is 31.0 Å². The molecule has 1 saturated carbocycles. The summed E-state index contributed by atoms with van der Waals surface area (Å²) in [5.41, 5.74) is 2.72. The van der Waals surface area contributed by atoms with Crippen molar-refractivity contribution in [3.63, 3.8) is 0 Å². The van der Waals surface area contributed by atoms with Crippen LogP contribution in [0.2, 0.25) is 10.0 Å². The fourth-order valence-electron chi connectivity index (χ4n) is 4.40. The molecule has 5 rings (SSSR count). The van der Waals surface area contributed by atoms with Crippen molar-refractivity contribution in [1.82, 2.24) is 20.3 Å². The molecule has 1 amide bonds. The summed E-state index contributed by atoms with van der Waals surface area (Å²) in [4.78, 5) is 26.1. The lowest BCUT2D eigenvalue weighted by atomic mass is 10.1. The molecule has 0 bridgehead atoms. The van der Waals surface area contributed by atoms with Gasteiger partial charge in [-0.25, -0.2) is 9.97 Å². The van der Waals surface area contributed by atoms with Crippen LogP contribution in [0.4, 0.5) is 5.95 Å². The second-order valence-electron chi connectivity index (χ2n) is 9.12. The van der Waals surface area contributed by atoms with Crippen LogP contribution in [0.25, 0.3) is 22.2 Å². The van der Waals surface area contributed by atoms with E-state index in [0.29, 0.717) is 57.9 Å². The number of halogens is 2. The lowest BCUT2D eigenvalue weighted by Crippen LogP contribution is -2.45. The van der Waals surface area contributed by atoms with Crippen LogP contribution < -0.4 is 20.1 Å². The van der Waals surface area contributed by atoms with E-state index in [0.717, 1.165) is 35.9 Å². The number of aromatic nitrogens is 3. The van der Waals surface area contributed by atoms with Crippen LogP contribution in [-0.4, -0.2) is 60.4 Å². The smallest absolute Gasteiger partial charge is 0.243 e. The second-order valence-corrected chi connectivity index (χ2v) is 9.88. The van der Waals surface area contributed by atoms with Crippen LogP contribution >= 0.6 is 23.2 Å². The highest BCUT2D eigenvalue weighted by Gasteiger charge is 2.30. The van der Waals surface area contributed by atoms with Crippen molar-refractivity contribution in [2.75, 3.05) is 32.8 Å². The second kappa shape index (κ2) is 10.7. The molecule has 0 radical (unpaired) electrons. The molecule has 1 aliphatic heterocycles. The zero-order valence-electron chi connectivity index (χ0n) is 20.5. The average molecular weight is 544 g/mol. The van der Waals surface area contributed by atoms with Gasteiger partial charge in [0.25, 0.3) is 0 Å². The first kappa shape index (κ1) is 25.5. The number of carbonyl (C=O) groups is 1. The monoisotopic (exact) mass is 543 g/mol. The number of nitrogens with zero attached hydrogens (tertiary/aromatic N) is 3. The molecule has 2 fully saturated rings. The molecule has 3 aromatic rings. The molecule has 1 unspecified atom stereocenters. The van der Waals surface area contributed by atoms with E-state index < -0.39 is 0 Å². The van der Waals surface area contributed by atoms with Crippen molar-refractivity contribution < 1.29 is 19.0 Å². The topological polar surface area (TPSA) is 107 Å². The third-order valence-corrected chi connectivity index (χ3v) is 7.31. The lowest BCUT2D eigenvalue weighted by Gasteiger charge is -2.20. The first-order chi connectivity index (χ1) is 17.9. The fourth-order valence-corrected chi connectivity index (χ4v) is 5.09. The Hall–Kier alpha value is -3.14. The van der Waals surface area contributed by atoms with Crippen molar-refractivity contribution in [3.8, 4) is 22.8 Å². The predicted molar refractivity (Wildman–Crippen MR) is 143 cm³/mol. The highest BCUT2D eigenvalue weighted by atomic mass is 35.5. The van der Waals surface area contributed by atoms with E-state index in [-0.39, 0.29) is 18.0 Å². The van der Waals surface area contributed by atoms with Gasteiger partial charge in [-0.3, -0.25) is 9.78 Å². The lowest BCUT2D eigenvalue weighted by molar-refractivity contribution is -0.117. The number of amides is 1. The predicted octanol–water partition coefficient (Wildman–Crippen LogP) is 4.45. The number of methoxy groups -OCH3 is 2. The number of hydrogen-bond acceptors (Lipinski definition) is 8. The average Bonchev–Trinajstić information content (AvgIpc) is 3.62. The Morgan fingerprint density at radius 1 is 1.14 bits per heavy atom. The molecule has 194 valence electrons. The van der Waals surface area contributed by atoms with Crippen LogP contribution in [0.1, 0.15) is 18.5 Å². The number of fused-ring (bicyclic) bond motifs is 1. The summed E-state index contributed by atoms with van der Waals surface area (Å²) in [6.45, 7) is 4.33. The quantitative estimate of drug-likeness (QED) is 0.381. The molecule has 11 heteroatoms. The van der Waals surface area contributed by atoms with Gasteiger partial charge in [-0.05, 0) is 37.3 Å². The standard InChI is InChI=1S/C26H27Cl2N5O4/c1-4-21(34)31-17-11-37-12-18(17)32-26-29-10-14-8-15(30-16(25(14)33-26)7-13-5-6-13)22-23(27)19(35-2)9-20(36-3)24(22)28/h4,8-10,13,17-18H,1,5-7,11-12H2,2-3H3,(H,31,34)(H,29,32,33)/t17-,18?/m0/s1. The van der Waals surface area contributed by atoms with Crippen molar-refractivity contribution in [2.45, 2.75) is 31.3 Å². The Labute approximate surface area is 224 Å². The summed E-state index contributed by atoms with van der Waals surface area (Å²) in [6, 6.07) is 3.12. The number of carbonyl (C=O) groups excluding carboxylic acids is 1. The first-order valence-corrected chi connectivity index (χ1v) is 12.7. The molecule has 0 spiro atoms. The van der Waals surface area contributed by atoms with Gasteiger partial charge in [0.15, 0.2) is 0 Å². The number of benzene rings is 1. The molecule has 1 saturated heterocycles. The molecule has 2 aromatic heterocycles. The van der Waals surface area contributed by atoms with Gasteiger partial charge in [0, 0.05) is 23.2 Å². The van der Waals surface area contributed by atoms with Crippen LogP contribution in [0, 0.1) is 5.92 Å². The normalized spacial score (nSPS) is 19.0. The Morgan fingerprint density at radius 2 is 1.84 bits per heavy atom. The minimum Gasteiger partial charge on any atom is -0.495 e. The minimum atomic E-state index is -0.253. The van der Waals surface area contributed by atoms with E-state index in [1.807, 2.05) is 6.07 Å². The van der Waals surface area contributed by atoms with E-state index in [9.17, 15) is 4.79 Å². The van der Waals surface area contributed by atoms with Crippen LogP contribution in [0.5, 0.6) is 11.5 Å². The molecule has 2 atom stereocenters. The third kappa shape index (κ3) is 5.30. The molecular formula is C26H27Cl2N5O4. The van der Waals surface area contributed by atoms with E-state index in [1.165, 1.54) is 20.3 Å². The molecular weight excluding hydrogens is 517 g/mol. The summed E-state index contributed by atoms with van der Waals surface area (Å²) < 4.78 is 16.4. The van der Waals surface area contributed by atoms with Gasteiger partial charge in [-0.2, -0.15) is 0 Å². The Balaban J connectivity index is 1.54. The number of pyridine rings is 1. The molecule has 2 N–H and O–H groups in total. The van der Waals surface area contributed by atoms with Gasteiger partial charge < -0.3 is 24.8 Å². The highest BCUT2D eigenvalue weighted by Crippen LogP contribution is 2.46. The van der Waals surface area contributed by atoms with Gasteiger partial charge >= 0.3 is 0 Å². The van der Waals surface area contributed by atoms with Crippen molar-refractivity contribution in [3.05, 3.63) is 46.7 Å². The Morgan fingerprint density at radius 3 is 2.49 bits per heavy atom. The van der Waals surface area contributed by atoms with Crippen molar-refractivity contribution in [1.29, 1.82) is 0 Å². The first-order valence-electron chi connectivity index (χ1n) is 12.0. The maximum absolute atomic E-state index is 11.8. The summed E-state index contributed by atoms with van der Waals surface area (Å²) in [7, 11) is 3.08. The minimum absolute atomic E-state index is 0.178. The summed E-state index contributed by atoms with van der Waals surface area (Å²) in [5.74, 6) is 1.63. The number of rotatable bonds is 9. The maximum atomic E-state index is 11.8. The number of anilines is 1. The van der Waals surface area contributed by atoms with Gasteiger partial charge in [-0.15, -0.1) is 0 Å². The number of nitrogens with one attached hydrogen (secondary N) is 2. The fraction of sp³-hybridized carbons (Fsp3) is 0.385. The van der Waals surface area contributed by atoms with Crippen LogP contribution in [0.3, 0.4) is 0 Å². The van der Waals surface area contributed by atoms with Crippen molar-refractivity contribution >= 4 is 46.0 Å². The summed E-state index contributed by atoms with van der Waals surface area (Å²) in [6.07, 6.45) is 6.08. The Bertz CT molecular complexity index is 1340. The largest absolute Gasteiger partial charge is 0.495 e. The molecule has 3 heterocycles. The van der Waals surface area contributed by atoms with Gasteiger partial charge in [-0.1, -0.05) is 29.8 Å². The zero-order chi connectivity index (χ0) is 26.1. The van der Waals surface area contributed by atoms with E-state index >= 15 is 0 Å². The van der Waals surface area contributed by atoms with Crippen LogP contribution in [-0.2, 0) is 16.0 Å². The number of ether oxygens (including phenoxy) is 3. The molecule has 1 aromatic carbocycles. The summed E-state index contributed by atoms with van der Waals surface area (Å²) in [5, 5.41) is 7.69. The summed E-state index contributed by atoms with van der Waals surface area (Å²) >= 11 is 13.4. The third-order valence-electron chi connectivity index (χ3n) is 6.55. The highest BCUT2D eigenvalue weighted by molar-refractivity contribution is 6.41. The molecule has 2 aliphatic rings. The van der Waals surface area contributed by atoms with Gasteiger partial charge in [0.1, 0.15) is 11.5 Å². The maximum Gasteiger partial charge on any atom is 0.243 e. The molecule has 1 aliphatic carbocycles. The Kier molecular flexibility index (Phi) is 7.37. The van der Waals surface area contributed by atoms with E-state index in [4.69, 9.17) is 47.4 Å². The van der Waals surface area contributed by atoms with Crippen molar-refractivity contribution in [2.24, 2.45) is 5.92 Å². The number of hydrogen-bond donors (Lipinski definition) is 2. The van der Waals surface area contributed by atoms with E-state index in [2.05, 4.69) is 22.2 Å². The van der Waals surface area contributed by atoms with Gasteiger partial charge in [0.05, 0.1) is 66.5 Å². The van der Waals surface area contributed by atoms with Gasteiger partial charge in [0.2, 0.25) is 11.9 Å². The zero-order valence-corrected chi connectivity index (χ0v) is 22.0. The molecule has 37 heavy (non-hydrogen) atoms. The van der Waals surface area contributed by atoms with E-state index in [1.54, 1.807) is 12.3 Å².